The highest BCUT2D eigenvalue weighted by molar-refractivity contribution is 6.12. The van der Waals surface area contributed by atoms with E-state index >= 15 is 0 Å². The van der Waals surface area contributed by atoms with E-state index in [1.54, 1.807) is 0 Å². The molecule has 0 aliphatic carbocycles. The van der Waals surface area contributed by atoms with E-state index in [0.717, 1.165) is 5.69 Å². The summed E-state index contributed by atoms with van der Waals surface area (Å²) in [4.78, 5) is 0. The molecular weight excluding hydrogens is 230 g/mol. The Labute approximate surface area is 111 Å². The second-order valence-electron chi connectivity index (χ2n) is 4.97. The third-order valence-corrected chi connectivity index (χ3v) is 3.73. The topological polar surface area (TPSA) is 26.0 Å². The van der Waals surface area contributed by atoms with Crippen molar-refractivity contribution in [1.29, 1.82) is 0 Å². The maximum atomic E-state index is 5.86. The third kappa shape index (κ3) is 1.55. The van der Waals surface area contributed by atoms with Crippen molar-refractivity contribution < 1.29 is 0 Å². The first-order chi connectivity index (χ1) is 9.31. The molecule has 4 aromatic rings. The lowest BCUT2D eigenvalue weighted by molar-refractivity contribution is 1.75. The van der Waals surface area contributed by atoms with Crippen LogP contribution in [0.4, 0.5) is 5.69 Å². The van der Waals surface area contributed by atoms with E-state index in [4.69, 9.17) is 5.73 Å². The highest BCUT2D eigenvalue weighted by Crippen LogP contribution is 2.30. The molecule has 0 fully saturated rings. The summed E-state index contributed by atoms with van der Waals surface area (Å²) in [7, 11) is 0. The molecule has 0 aliphatic heterocycles. The molecule has 4 aromatic carbocycles. The SMILES string of the molecule is Nc1ccc2cc3c(ccc4ccccc43)cc2c1. The Hall–Kier alpha value is -2.54. The van der Waals surface area contributed by atoms with Gasteiger partial charge in [0.25, 0.3) is 0 Å². The monoisotopic (exact) mass is 243 g/mol. The molecular formula is C18H13N. The van der Waals surface area contributed by atoms with Crippen LogP contribution >= 0.6 is 0 Å². The lowest BCUT2D eigenvalue weighted by Crippen LogP contribution is -1.84. The van der Waals surface area contributed by atoms with Crippen molar-refractivity contribution in [1.82, 2.24) is 0 Å². The number of hydrogen-bond acceptors (Lipinski definition) is 1. The van der Waals surface area contributed by atoms with E-state index in [1.165, 1.54) is 32.3 Å². The fourth-order valence-corrected chi connectivity index (χ4v) is 2.77. The molecule has 1 heteroatoms. The summed E-state index contributed by atoms with van der Waals surface area (Å²) in [5.74, 6) is 0. The fraction of sp³-hybridized carbons (Fsp3) is 0. The molecule has 0 unspecified atom stereocenters. The lowest BCUT2D eigenvalue weighted by Gasteiger charge is -2.07. The molecule has 0 aliphatic rings. The number of rotatable bonds is 0. The van der Waals surface area contributed by atoms with Crippen molar-refractivity contribution in [2.24, 2.45) is 0 Å². The molecule has 1 nitrogen and oxygen atoms in total. The summed E-state index contributed by atoms with van der Waals surface area (Å²) in [6, 6.07) is 23.4. The van der Waals surface area contributed by atoms with Crippen LogP contribution in [0.3, 0.4) is 0 Å². The van der Waals surface area contributed by atoms with Gasteiger partial charge in [-0.05, 0) is 56.6 Å². The van der Waals surface area contributed by atoms with Gasteiger partial charge in [0, 0.05) is 5.69 Å². The summed E-state index contributed by atoms with van der Waals surface area (Å²) in [5.41, 5.74) is 6.67. The Morgan fingerprint density at radius 2 is 1.32 bits per heavy atom. The second kappa shape index (κ2) is 3.72. The van der Waals surface area contributed by atoms with Crippen LogP contribution in [0.1, 0.15) is 0 Å². The van der Waals surface area contributed by atoms with Crippen LogP contribution in [0.15, 0.2) is 66.7 Å². The number of nitrogens with two attached hydrogens (primary N) is 1. The first kappa shape index (κ1) is 10.4. The smallest absolute Gasteiger partial charge is 0.0320 e. The molecule has 0 aromatic heterocycles. The Kier molecular flexibility index (Phi) is 2.04. The first-order valence-electron chi connectivity index (χ1n) is 6.42. The number of fused-ring (bicyclic) bond motifs is 4. The average Bonchev–Trinajstić information content (AvgIpc) is 2.45. The summed E-state index contributed by atoms with van der Waals surface area (Å²) >= 11 is 0. The highest BCUT2D eigenvalue weighted by atomic mass is 14.5. The number of nitrogen functional groups attached to an aromatic ring is 1. The summed E-state index contributed by atoms with van der Waals surface area (Å²) in [5, 5.41) is 7.58. The van der Waals surface area contributed by atoms with Crippen molar-refractivity contribution in [2.45, 2.75) is 0 Å². The zero-order valence-electron chi connectivity index (χ0n) is 10.4. The van der Waals surface area contributed by atoms with E-state index < -0.39 is 0 Å². The maximum Gasteiger partial charge on any atom is 0.0320 e. The Bertz CT molecular complexity index is 922. The molecule has 0 saturated heterocycles. The van der Waals surface area contributed by atoms with Crippen LogP contribution in [0, 0.1) is 0 Å². The molecule has 4 rings (SSSR count). The maximum absolute atomic E-state index is 5.86. The van der Waals surface area contributed by atoms with Gasteiger partial charge in [0.2, 0.25) is 0 Å². The van der Waals surface area contributed by atoms with Gasteiger partial charge in [-0.1, -0.05) is 42.5 Å². The van der Waals surface area contributed by atoms with Crippen molar-refractivity contribution in [3.63, 3.8) is 0 Å². The minimum absolute atomic E-state index is 0.813. The van der Waals surface area contributed by atoms with Crippen molar-refractivity contribution >= 4 is 38.0 Å². The van der Waals surface area contributed by atoms with Gasteiger partial charge in [-0.3, -0.25) is 0 Å². The molecule has 0 radical (unpaired) electrons. The van der Waals surface area contributed by atoms with E-state index in [9.17, 15) is 0 Å². The van der Waals surface area contributed by atoms with E-state index in [0.29, 0.717) is 0 Å². The molecule has 0 atom stereocenters. The van der Waals surface area contributed by atoms with E-state index in [1.807, 2.05) is 12.1 Å². The van der Waals surface area contributed by atoms with Gasteiger partial charge >= 0.3 is 0 Å². The Morgan fingerprint density at radius 1 is 0.526 bits per heavy atom. The van der Waals surface area contributed by atoms with Crippen LogP contribution in [0.2, 0.25) is 0 Å². The van der Waals surface area contributed by atoms with Crippen LogP contribution < -0.4 is 5.73 Å². The number of anilines is 1. The zero-order valence-corrected chi connectivity index (χ0v) is 10.4. The molecule has 0 spiro atoms. The first-order valence-corrected chi connectivity index (χ1v) is 6.42. The average molecular weight is 243 g/mol. The van der Waals surface area contributed by atoms with Gasteiger partial charge in [-0.15, -0.1) is 0 Å². The van der Waals surface area contributed by atoms with Gasteiger partial charge in [0.05, 0.1) is 0 Å². The van der Waals surface area contributed by atoms with Gasteiger partial charge < -0.3 is 5.73 Å². The summed E-state index contributed by atoms with van der Waals surface area (Å²) < 4.78 is 0. The van der Waals surface area contributed by atoms with Crippen LogP contribution in [0.25, 0.3) is 32.3 Å². The van der Waals surface area contributed by atoms with Gasteiger partial charge in [0.1, 0.15) is 0 Å². The van der Waals surface area contributed by atoms with Crippen LogP contribution in [0.5, 0.6) is 0 Å². The molecule has 2 N–H and O–H groups in total. The molecule has 0 saturated carbocycles. The Morgan fingerprint density at radius 3 is 2.26 bits per heavy atom. The largest absolute Gasteiger partial charge is 0.399 e. The Balaban J connectivity index is 2.22. The summed E-state index contributed by atoms with van der Waals surface area (Å²) in [6.45, 7) is 0. The minimum Gasteiger partial charge on any atom is -0.399 e. The molecule has 0 bridgehead atoms. The predicted molar refractivity (Wildman–Crippen MR) is 83.4 cm³/mol. The summed E-state index contributed by atoms with van der Waals surface area (Å²) in [6.07, 6.45) is 0. The van der Waals surface area contributed by atoms with Crippen molar-refractivity contribution in [3.8, 4) is 0 Å². The van der Waals surface area contributed by atoms with Crippen molar-refractivity contribution in [2.75, 3.05) is 5.73 Å². The van der Waals surface area contributed by atoms with Crippen LogP contribution in [-0.2, 0) is 0 Å². The standard InChI is InChI=1S/C18H13N/c19-16-8-7-13-11-18-14(9-15(13)10-16)6-5-12-3-1-2-4-17(12)18/h1-11H,19H2. The quantitative estimate of drug-likeness (QED) is 0.270. The van der Waals surface area contributed by atoms with E-state index in [-0.39, 0.29) is 0 Å². The molecule has 0 amide bonds. The third-order valence-electron chi connectivity index (χ3n) is 3.73. The minimum atomic E-state index is 0.813. The second-order valence-corrected chi connectivity index (χ2v) is 4.97. The van der Waals surface area contributed by atoms with Crippen LogP contribution in [-0.4, -0.2) is 0 Å². The normalized spacial score (nSPS) is 11.4. The van der Waals surface area contributed by atoms with Gasteiger partial charge in [-0.25, -0.2) is 0 Å². The molecule has 0 heterocycles. The lowest BCUT2D eigenvalue weighted by atomic mass is 9.98. The van der Waals surface area contributed by atoms with Gasteiger partial charge in [-0.2, -0.15) is 0 Å². The zero-order chi connectivity index (χ0) is 12.8. The highest BCUT2D eigenvalue weighted by Gasteiger charge is 2.02. The van der Waals surface area contributed by atoms with Crippen molar-refractivity contribution in [3.05, 3.63) is 66.7 Å². The predicted octanol–water partition coefficient (Wildman–Crippen LogP) is 4.73. The number of hydrogen-bond donors (Lipinski definition) is 1. The van der Waals surface area contributed by atoms with E-state index in [2.05, 4.69) is 54.6 Å². The number of benzene rings is 4. The van der Waals surface area contributed by atoms with Gasteiger partial charge in [0.15, 0.2) is 0 Å². The molecule has 19 heavy (non-hydrogen) atoms. The molecule has 90 valence electrons. The fourth-order valence-electron chi connectivity index (χ4n) is 2.77.